The third-order valence-corrected chi connectivity index (χ3v) is 2.76. The van der Waals surface area contributed by atoms with Gasteiger partial charge in [-0.1, -0.05) is 22.0 Å². The number of pyridine rings is 1. The molecule has 1 aromatic carbocycles. The predicted octanol–water partition coefficient (Wildman–Crippen LogP) is 3.60. The maximum absolute atomic E-state index is 13.3. The van der Waals surface area contributed by atoms with Crippen molar-refractivity contribution in [3.63, 3.8) is 0 Å². The van der Waals surface area contributed by atoms with Crippen molar-refractivity contribution < 1.29 is 9.13 Å². The van der Waals surface area contributed by atoms with E-state index in [0.29, 0.717) is 13.0 Å². The molecule has 1 aromatic heterocycles. The van der Waals surface area contributed by atoms with E-state index in [1.807, 2.05) is 12.1 Å². The fraction of sp³-hybridized carbons (Fsp3) is 0.154. The molecule has 88 valence electrons. The predicted molar refractivity (Wildman–Crippen MR) is 67.5 cm³/mol. The third-order valence-electron chi connectivity index (χ3n) is 2.26. The Balaban J connectivity index is 1.92. The molecule has 0 bridgehead atoms. The van der Waals surface area contributed by atoms with E-state index in [2.05, 4.69) is 20.9 Å². The van der Waals surface area contributed by atoms with Gasteiger partial charge in [-0.25, -0.2) is 4.39 Å². The Hall–Kier alpha value is -1.42. The highest BCUT2D eigenvalue weighted by Gasteiger charge is 2.03. The molecule has 0 saturated heterocycles. The number of nitrogens with zero attached hydrogens (tertiary/aromatic N) is 1. The monoisotopic (exact) mass is 295 g/mol. The summed E-state index contributed by atoms with van der Waals surface area (Å²) in [6, 6.07) is 8.48. The maximum atomic E-state index is 13.3. The van der Waals surface area contributed by atoms with Crippen LogP contribution in [-0.2, 0) is 6.42 Å². The van der Waals surface area contributed by atoms with Crippen LogP contribution in [-0.4, -0.2) is 11.6 Å². The van der Waals surface area contributed by atoms with Crippen LogP contribution in [0.5, 0.6) is 5.75 Å². The molecule has 0 atom stereocenters. The molecular weight excluding hydrogens is 285 g/mol. The number of hydrogen-bond donors (Lipinski definition) is 0. The van der Waals surface area contributed by atoms with Crippen LogP contribution in [0.3, 0.4) is 0 Å². The highest BCUT2D eigenvalue weighted by atomic mass is 79.9. The van der Waals surface area contributed by atoms with Crippen molar-refractivity contribution in [1.82, 2.24) is 4.98 Å². The number of ether oxygens (including phenoxy) is 1. The summed E-state index contributed by atoms with van der Waals surface area (Å²) < 4.78 is 19.5. The van der Waals surface area contributed by atoms with Crippen LogP contribution in [0.2, 0.25) is 0 Å². The van der Waals surface area contributed by atoms with Gasteiger partial charge in [0.2, 0.25) is 0 Å². The topological polar surface area (TPSA) is 22.1 Å². The second-order valence-electron chi connectivity index (χ2n) is 3.53. The van der Waals surface area contributed by atoms with Crippen LogP contribution in [0, 0.1) is 5.82 Å². The molecule has 0 aliphatic carbocycles. The van der Waals surface area contributed by atoms with Crippen molar-refractivity contribution in [3.05, 3.63) is 58.6 Å². The summed E-state index contributed by atoms with van der Waals surface area (Å²) in [5.41, 5.74) is 1.07. The summed E-state index contributed by atoms with van der Waals surface area (Å²) in [7, 11) is 0. The maximum Gasteiger partial charge on any atom is 0.165 e. The summed E-state index contributed by atoms with van der Waals surface area (Å²) >= 11 is 3.28. The van der Waals surface area contributed by atoms with Gasteiger partial charge in [-0.15, -0.1) is 0 Å². The first kappa shape index (κ1) is 12.0. The first-order valence-corrected chi connectivity index (χ1v) is 6.02. The molecule has 2 rings (SSSR count). The molecule has 0 amide bonds. The molecule has 0 saturated carbocycles. The summed E-state index contributed by atoms with van der Waals surface area (Å²) in [6.45, 7) is 0.430. The van der Waals surface area contributed by atoms with Gasteiger partial charge in [0.15, 0.2) is 11.6 Å². The van der Waals surface area contributed by atoms with Gasteiger partial charge >= 0.3 is 0 Å². The summed E-state index contributed by atoms with van der Waals surface area (Å²) in [5.74, 6) is -0.0809. The fourth-order valence-electron chi connectivity index (χ4n) is 1.41. The summed E-state index contributed by atoms with van der Waals surface area (Å²) in [5, 5.41) is 0. The minimum Gasteiger partial charge on any atom is -0.490 e. The number of halogens is 2. The van der Waals surface area contributed by atoms with E-state index >= 15 is 0 Å². The molecule has 0 fully saturated rings. The second kappa shape index (κ2) is 5.77. The average molecular weight is 296 g/mol. The third kappa shape index (κ3) is 3.53. The lowest BCUT2D eigenvalue weighted by atomic mass is 10.2. The Labute approximate surface area is 108 Å². The lowest BCUT2D eigenvalue weighted by molar-refractivity contribution is 0.305. The SMILES string of the molecule is Fc1ccc(Br)cc1OCCc1cccnc1. The molecule has 2 aromatic rings. The van der Waals surface area contributed by atoms with Crippen LogP contribution < -0.4 is 4.74 Å². The van der Waals surface area contributed by atoms with E-state index < -0.39 is 0 Å². The van der Waals surface area contributed by atoms with E-state index in [-0.39, 0.29) is 11.6 Å². The molecule has 1 heterocycles. The number of rotatable bonds is 4. The molecule has 0 unspecified atom stereocenters. The van der Waals surface area contributed by atoms with Crippen LogP contribution in [0.15, 0.2) is 47.2 Å². The van der Waals surface area contributed by atoms with Gasteiger partial charge in [-0.05, 0) is 29.8 Å². The lowest BCUT2D eigenvalue weighted by Crippen LogP contribution is -2.02. The van der Waals surface area contributed by atoms with Crippen LogP contribution in [0.4, 0.5) is 4.39 Å². The zero-order valence-corrected chi connectivity index (χ0v) is 10.7. The zero-order valence-electron chi connectivity index (χ0n) is 9.07. The second-order valence-corrected chi connectivity index (χ2v) is 4.45. The number of benzene rings is 1. The first-order valence-electron chi connectivity index (χ1n) is 5.22. The number of hydrogen-bond acceptors (Lipinski definition) is 2. The van der Waals surface area contributed by atoms with Gasteiger partial charge in [-0.2, -0.15) is 0 Å². The Bertz CT molecular complexity index is 490. The molecule has 0 aliphatic heterocycles. The van der Waals surface area contributed by atoms with Crippen molar-refractivity contribution in [2.75, 3.05) is 6.61 Å². The quantitative estimate of drug-likeness (QED) is 0.860. The highest BCUT2D eigenvalue weighted by molar-refractivity contribution is 9.10. The molecule has 0 spiro atoms. The van der Waals surface area contributed by atoms with Crippen LogP contribution in [0.1, 0.15) is 5.56 Å². The first-order chi connectivity index (χ1) is 8.25. The molecule has 2 nitrogen and oxygen atoms in total. The zero-order chi connectivity index (χ0) is 12.1. The van der Waals surface area contributed by atoms with Gasteiger partial charge in [0.1, 0.15) is 0 Å². The fourth-order valence-corrected chi connectivity index (χ4v) is 1.75. The average Bonchev–Trinajstić information content (AvgIpc) is 2.35. The van der Waals surface area contributed by atoms with Crippen LogP contribution in [0.25, 0.3) is 0 Å². The molecular formula is C13H11BrFNO. The Morgan fingerprint density at radius 3 is 2.94 bits per heavy atom. The normalized spacial score (nSPS) is 10.2. The Morgan fingerprint density at radius 2 is 2.18 bits per heavy atom. The van der Waals surface area contributed by atoms with Gasteiger partial charge < -0.3 is 4.74 Å². The van der Waals surface area contributed by atoms with Gasteiger partial charge in [0.25, 0.3) is 0 Å². The Morgan fingerprint density at radius 1 is 1.29 bits per heavy atom. The van der Waals surface area contributed by atoms with Crippen LogP contribution >= 0.6 is 15.9 Å². The molecule has 0 N–H and O–H groups in total. The van der Waals surface area contributed by atoms with Crippen molar-refractivity contribution in [3.8, 4) is 5.75 Å². The summed E-state index contributed by atoms with van der Waals surface area (Å²) in [6.07, 6.45) is 4.21. The van der Waals surface area contributed by atoms with Crippen molar-refractivity contribution >= 4 is 15.9 Å². The van der Waals surface area contributed by atoms with Gasteiger partial charge in [-0.3, -0.25) is 4.98 Å². The van der Waals surface area contributed by atoms with E-state index in [1.165, 1.54) is 6.07 Å². The van der Waals surface area contributed by atoms with E-state index in [4.69, 9.17) is 4.74 Å². The van der Waals surface area contributed by atoms with Crippen molar-refractivity contribution in [2.45, 2.75) is 6.42 Å². The number of aromatic nitrogens is 1. The molecule has 0 radical (unpaired) electrons. The van der Waals surface area contributed by atoms with E-state index in [9.17, 15) is 4.39 Å². The van der Waals surface area contributed by atoms with Gasteiger partial charge in [0.05, 0.1) is 6.61 Å². The molecule has 0 aliphatic rings. The minimum atomic E-state index is -0.348. The Kier molecular flexibility index (Phi) is 4.09. The summed E-state index contributed by atoms with van der Waals surface area (Å²) in [4.78, 5) is 4.00. The van der Waals surface area contributed by atoms with E-state index in [1.54, 1.807) is 24.5 Å². The molecule has 17 heavy (non-hydrogen) atoms. The van der Waals surface area contributed by atoms with Crippen molar-refractivity contribution in [2.24, 2.45) is 0 Å². The minimum absolute atomic E-state index is 0.267. The highest BCUT2D eigenvalue weighted by Crippen LogP contribution is 2.22. The molecule has 4 heteroatoms. The van der Waals surface area contributed by atoms with E-state index in [0.717, 1.165) is 10.0 Å². The lowest BCUT2D eigenvalue weighted by Gasteiger charge is -2.07. The van der Waals surface area contributed by atoms with Crippen molar-refractivity contribution in [1.29, 1.82) is 0 Å². The van der Waals surface area contributed by atoms with Gasteiger partial charge in [0, 0.05) is 23.3 Å². The standard InChI is InChI=1S/C13H11BrFNO/c14-11-3-4-12(15)13(8-11)17-7-5-10-2-1-6-16-9-10/h1-4,6,8-9H,5,7H2. The largest absolute Gasteiger partial charge is 0.490 e. The smallest absolute Gasteiger partial charge is 0.165 e.